The molecule has 0 saturated carbocycles. The average Bonchev–Trinajstić information content (AvgIpc) is 2.98. The summed E-state index contributed by atoms with van der Waals surface area (Å²) in [5.41, 5.74) is 3.42. The fourth-order valence-corrected chi connectivity index (χ4v) is 4.33. The Morgan fingerprint density at radius 3 is 2.80 bits per heavy atom. The number of aromatic nitrogens is 1. The highest BCUT2D eigenvalue weighted by Crippen LogP contribution is 2.33. The number of nitrogens with one attached hydrogen (secondary N) is 1. The highest BCUT2D eigenvalue weighted by atomic mass is 19.1. The van der Waals surface area contributed by atoms with E-state index < -0.39 is 5.97 Å². The molecule has 30 heavy (non-hydrogen) atoms. The molecule has 1 amide bonds. The molecule has 156 valence electrons. The van der Waals surface area contributed by atoms with Crippen LogP contribution < -0.4 is 5.32 Å². The van der Waals surface area contributed by atoms with Gasteiger partial charge in [0.2, 0.25) is 5.91 Å². The Labute approximate surface area is 172 Å². The summed E-state index contributed by atoms with van der Waals surface area (Å²) < 4.78 is 15.6. The van der Waals surface area contributed by atoms with E-state index in [1.54, 1.807) is 28.8 Å². The molecule has 3 aromatic rings. The molecule has 0 bridgehead atoms. The summed E-state index contributed by atoms with van der Waals surface area (Å²) >= 11 is 0. The number of carbonyl (C=O) groups is 2. The van der Waals surface area contributed by atoms with Gasteiger partial charge in [-0.05, 0) is 67.1 Å². The molecule has 1 aliphatic carbocycles. The Balaban J connectivity index is 1.49. The fourth-order valence-electron chi connectivity index (χ4n) is 4.33. The second kappa shape index (κ2) is 8.18. The number of carbonyl (C=O) groups excluding carboxylic acids is 1. The standard InChI is InChI=1S/C23H23FN2O4/c24-15-5-7-20-18(11-15)19-12-16(6-8-21(19)26(20)13-23(29)30)25-22(28)9-4-14-2-1-3-17(27)10-14/h1-3,5,7,10-11,16,27H,4,6,8-9,12-13H2,(H,25,28)(H,29,30). The number of aromatic hydroxyl groups is 1. The minimum Gasteiger partial charge on any atom is -0.508 e. The number of nitrogens with zero attached hydrogens (tertiary/aromatic N) is 1. The van der Waals surface area contributed by atoms with Crippen molar-refractivity contribution in [2.75, 3.05) is 0 Å². The number of rotatable bonds is 6. The topological polar surface area (TPSA) is 91.6 Å². The maximum absolute atomic E-state index is 13.9. The number of aryl methyl sites for hydroxylation is 1. The number of carboxylic acid groups (broad SMARTS) is 1. The van der Waals surface area contributed by atoms with Gasteiger partial charge < -0.3 is 20.1 Å². The van der Waals surface area contributed by atoms with Crippen LogP contribution in [-0.4, -0.2) is 32.7 Å². The molecule has 0 aliphatic heterocycles. The number of phenolic OH excluding ortho intramolecular Hbond substituents is 1. The minimum atomic E-state index is -0.943. The molecule has 7 heteroatoms. The summed E-state index contributed by atoms with van der Waals surface area (Å²) in [6, 6.07) is 11.2. The molecule has 0 spiro atoms. The van der Waals surface area contributed by atoms with E-state index in [1.807, 2.05) is 6.07 Å². The number of hydrogen-bond acceptors (Lipinski definition) is 3. The van der Waals surface area contributed by atoms with Crippen molar-refractivity contribution in [2.45, 2.75) is 44.7 Å². The SMILES string of the molecule is O=C(O)Cn1c2c(c3cc(F)ccc31)CC(NC(=O)CCc1cccc(O)c1)CC2. The van der Waals surface area contributed by atoms with Crippen molar-refractivity contribution in [2.24, 2.45) is 0 Å². The number of fused-ring (bicyclic) bond motifs is 3. The lowest BCUT2D eigenvalue weighted by Gasteiger charge is -2.25. The van der Waals surface area contributed by atoms with Gasteiger partial charge in [0.05, 0.1) is 0 Å². The first-order chi connectivity index (χ1) is 14.4. The monoisotopic (exact) mass is 410 g/mol. The fraction of sp³-hybridized carbons (Fsp3) is 0.304. The summed E-state index contributed by atoms with van der Waals surface area (Å²) in [6.07, 6.45) is 2.70. The molecular formula is C23H23FN2O4. The summed E-state index contributed by atoms with van der Waals surface area (Å²) in [6.45, 7) is -0.168. The van der Waals surface area contributed by atoms with Gasteiger partial charge in [-0.15, -0.1) is 0 Å². The smallest absolute Gasteiger partial charge is 0.323 e. The Hall–Kier alpha value is -3.35. The van der Waals surface area contributed by atoms with Crippen LogP contribution in [0.1, 0.15) is 29.7 Å². The van der Waals surface area contributed by atoms with E-state index in [0.717, 1.165) is 16.8 Å². The van der Waals surface area contributed by atoms with Crippen LogP contribution in [0.25, 0.3) is 10.9 Å². The molecule has 0 radical (unpaired) electrons. The highest BCUT2D eigenvalue weighted by Gasteiger charge is 2.27. The molecule has 1 unspecified atom stereocenters. The van der Waals surface area contributed by atoms with Crippen LogP contribution in [0.2, 0.25) is 0 Å². The van der Waals surface area contributed by atoms with E-state index >= 15 is 0 Å². The van der Waals surface area contributed by atoms with E-state index in [9.17, 15) is 24.2 Å². The van der Waals surface area contributed by atoms with Crippen LogP contribution in [-0.2, 0) is 35.4 Å². The van der Waals surface area contributed by atoms with Gasteiger partial charge in [-0.2, -0.15) is 0 Å². The molecule has 1 aliphatic rings. The van der Waals surface area contributed by atoms with Gasteiger partial charge in [-0.3, -0.25) is 9.59 Å². The lowest BCUT2D eigenvalue weighted by molar-refractivity contribution is -0.137. The van der Waals surface area contributed by atoms with Gasteiger partial charge in [0.15, 0.2) is 0 Å². The van der Waals surface area contributed by atoms with Crippen molar-refractivity contribution in [1.29, 1.82) is 0 Å². The van der Waals surface area contributed by atoms with Gasteiger partial charge in [0.1, 0.15) is 18.1 Å². The zero-order chi connectivity index (χ0) is 21.3. The number of halogens is 1. The van der Waals surface area contributed by atoms with E-state index in [4.69, 9.17) is 0 Å². The van der Waals surface area contributed by atoms with Gasteiger partial charge in [-0.1, -0.05) is 12.1 Å². The third-order valence-electron chi connectivity index (χ3n) is 5.64. The molecule has 3 N–H and O–H groups in total. The summed E-state index contributed by atoms with van der Waals surface area (Å²) in [5.74, 6) is -1.21. The average molecular weight is 410 g/mol. The van der Waals surface area contributed by atoms with Crippen LogP contribution in [0.5, 0.6) is 5.75 Å². The van der Waals surface area contributed by atoms with Crippen molar-refractivity contribution in [3.63, 3.8) is 0 Å². The lowest BCUT2D eigenvalue weighted by atomic mass is 9.91. The van der Waals surface area contributed by atoms with E-state index in [2.05, 4.69) is 5.32 Å². The molecule has 1 aromatic heterocycles. The first-order valence-electron chi connectivity index (χ1n) is 9.99. The summed E-state index contributed by atoms with van der Waals surface area (Å²) in [4.78, 5) is 23.7. The van der Waals surface area contributed by atoms with E-state index in [0.29, 0.717) is 43.0 Å². The Bertz CT molecular complexity index is 1120. The van der Waals surface area contributed by atoms with Gasteiger partial charge >= 0.3 is 5.97 Å². The summed E-state index contributed by atoms with van der Waals surface area (Å²) in [5, 5.41) is 22.6. The van der Waals surface area contributed by atoms with Crippen molar-refractivity contribution < 1.29 is 24.2 Å². The van der Waals surface area contributed by atoms with Crippen molar-refractivity contribution in [3.05, 3.63) is 65.1 Å². The molecule has 1 heterocycles. The largest absolute Gasteiger partial charge is 0.508 e. The summed E-state index contributed by atoms with van der Waals surface area (Å²) in [7, 11) is 0. The predicted molar refractivity (Wildman–Crippen MR) is 110 cm³/mol. The van der Waals surface area contributed by atoms with E-state index in [1.165, 1.54) is 12.1 Å². The van der Waals surface area contributed by atoms with Crippen LogP contribution >= 0.6 is 0 Å². The van der Waals surface area contributed by atoms with Crippen molar-refractivity contribution in [1.82, 2.24) is 9.88 Å². The second-order valence-corrected chi connectivity index (χ2v) is 7.74. The molecule has 0 saturated heterocycles. The Morgan fingerprint density at radius 2 is 2.03 bits per heavy atom. The number of amides is 1. The van der Waals surface area contributed by atoms with Gasteiger partial charge in [0.25, 0.3) is 0 Å². The molecule has 6 nitrogen and oxygen atoms in total. The highest BCUT2D eigenvalue weighted by molar-refractivity contribution is 5.87. The first-order valence-corrected chi connectivity index (χ1v) is 9.99. The number of carboxylic acids is 1. The molecule has 1 atom stereocenters. The van der Waals surface area contributed by atoms with Crippen LogP contribution in [0.4, 0.5) is 4.39 Å². The van der Waals surface area contributed by atoms with Crippen molar-refractivity contribution >= 4 is 22.8 Å². The molecular weight excluding hydrogens is 387 g/mol. The molecule has 4 rings (SSSR count). The van der Waals surface area contributed by atoms with Crippen molar-refractivity contribution in [3.8, 4) is 5.75 Å². The number of benzene rings is 2. The zero-order valence-corrected chi connectivity index (χ0v) is 16.4. The maximum Gasteiger partial charge on any atom is 0.323 e. The van der Waals surface area contributed by atoms with Crippen LogP contribution in [0, 0.1) is 5.82 Å². The Morgan fingerprint density at radius 1 is 1.20 bits per heavy atom. The number of phenols is 1. The number of aliphatic carboxylic acids is 1. The Kier molecular flexibility index (Phi) is 5.44. The zero-order valence-electron chi connectivity index (χ0n) is 16.4. The quantitative estimate of drug-likeness (QED) is 0.582. The number of hydrogen-bond donors (Lipinski definition) is 3. The van der Waals surface area contributed by atoms with Crippen LogP contribution in [0.3, 0.4) is 0 Å². The third-order valence-corrected chi connectivity index (χ3v) is 5.64. The first kappa shape index (κ1) is 19.9. The second-order valence-electron chi connectivity index (χ2n) is 7.74. The normalized spacial score (nSPS) is 15.7. The maximum atomic E-state index is 13.9. The van der Waals surface area contributed by atoms with E-state index in [-0.39, 0.29) is 30.1 Å². The third kappa shape index (κ3) is 4.15. The predicted octanol–water partition coefficient (Wildman–Crippen LogP) is 3.18. The molecule has 2 aromatic carbocycles. The minimum absolute atomic E-state index is 0.0766. The van der Waals surface area contributed by atoms with Gasteiger partial charge in [-0.25, -0.2) is 4.39 Å². The lowest BCUT2D eigenvalue weighted by Crippen LogP contribution is -2.39. The van der Waals surface area contributed by atoms with Crippen LogP contribution in [0.15, 0.2) is 42.5 Å². The van der Waals surface area contributed by atoms with Gasteiger partial charge in [0, 0.05) is 29.1 Å². The molecule has 0 fully saturated rings.